The first-order valence-electron chi connectivity index (χ1n) is 8.65. The Morgan fingerprint density at radius 3 is 1.24 bits per heavy atom. The highest BCUT2D eigenvalue weighted by molar-refractivity contribution is 5.17. The van der Waals surface area contributed by atoms with E-state index in [0.29, 0.717) is 0 Å². The number of aliphatic hydroxyl groups is 5. The van der Waals surface area contributed by atoms with E-state index in [2.05, 4.69) is 4.74 Å². The number of hydrogen-bond donors (Lipinski definition) is 5. The SMILES string of the molecule is OCC1(O)O[C@H]([C@@H](O)C(F)(F)C(F)(F)C(F)(F)C(F)(F)C(F)(F)C(F)(F)C(F)(F)C(F)(F)F)[C@@H](O)[C@@H]1O. The third kappa shape index (κ3) is 4.19. The van der Waals surface area contributed by atoms with Gasteiger partial charge >= 0.3 is 47.6 Å². The quantitative estimate of drug-likeness (QED) is 0.261. The highest BCUT2D eigenvalue weighted by Gasteiger charge is 2.95. The van der Waals surface area contributed by atoms with E-state index in [-0.39, 0.29) is 0 Å². The van der Waals surface area contributed by atoms with Crippen molar-refractivity contribution in [2.45, 2.75) is 77.8 Å². The molecule has 1 heterocycles. The van der Waals surface area contributed by atoms with Gasteiger partial charge in [0.1, 0.15) is 18.3 Å². The monoisotopic (exact) mass is 598 g/mol. The maximum atomic E-state index is 14.0. The van der Waals surface area contributed by atoms with E-state index in [9.17, 15) is 95.1 Å². The van der Waals surface area contributed by atoms with Crippen molar-refractivity contribution in [2.24, 2.45) is 0 Å². The summed E-state index contributed by atoms with van der Waals surface area (Å²) in [7, 11) is 0. The second kappa shape index (κ2) is 8.79. The Labute approximate surface area is 190 Å². The van der Waals surface area contributed by atoms with Crippen LogP contribution in [0.5, 0.6) is 0 Å². The molecular formula is C14H11F17O6. The molecule has 1 unspecified atom stereocenters. The van der Waals surface area contributed by atoms with Crippen LogP contribution in [0.25, 0.3) is 0 Å². The van der Waals surface area contributed by atoms with Gasteiger partial charge in [-0.05, 0) is 0 Å². The Morgan fingerprint density at radius 2 is 0.946 bits per heavy atom. The van der Waals surface area contributed by atoms with Gasteiger partial charge in [-0.15, -0.1) is 0 Å². The Hall–Kier alpha value is -1.43. The molecule has 222 valence electrons. The molecule has 0 bridgehead atoms. The van der Waals surface area contributed by atoms with E-state index in [0.717, 1.165) is 0 Å². The van der Waals surface area contributed by atoms with Gasteiger partial charge in [0.05, 0.1) is 6.61 Å². The van der Waals surface area contributed by atoms with Crippen LogP contribution in [-0.4, -0.2) is 110 Å². The van der Waals surface area contributed by atoms with E-state index >= 15 is 0 Å². The zero-order valence-corrected chi connectivity index (χ0v) is 16.6. The zero-order chi connectivity index (χ0) is 30.2. The van der Waals surface area contributed by atoms with Gasteiger partial charge in [0.15, 0.2) is 6.10 Å². The maximum Gasteiger partial charge on any atom is 0.460 e. The summed E-state index contributed by atoms with van der Waals surface area (Å²) >= 11 is 0. The summed E-state index contributed by atoms with van der Waals surface area (Å²) in [4.78, 5) is 0. The molecule has 0 aliphatic carbocycles. The number of ether oxygens (including phenoxy) is 1. The lowest BCUT2D eigenvalue weighted by molar-refractivity contribution is -0.465. The molecule has 0 radical (unpaired) electrons. The van der Waals surface area contributed by atoms with E-state index in [1.165, 1.54) is 0 Å². The van der Waals surface area contributed by atoms with Crippen LogP contribution in [0.4, 0.5) is 74.6 Å². The standard InChI is InChI=1S/C14H11F17O6/c15-7(16,5(35)3-2(33)4(34)6(36,1-32)37-3)8(17,18)9(19,20)10(21,22)11(23,24)12(25,26)13(27,28)14(29,30)31/h2-5,32-36H,1H2/t2-,3+,4+,5-,6?/m1/s1. The normalized spacial score (nSPS) is 28.5. The first-order valence-corrected chi connectivity index (χ1v) is 8.65. The second-order valence-corrected chi connectivity index (χ2v) is 7.53. The van der Waals surface area contributed by atoms with Crippen LogP contribution in [0.15, 0.2) is 0 Å². The van der Waals surface area contributed by atoms with E-state index in [4.69, 9.17) is 5.11 Å². The van der Waals surface area contributed by atoms with Crippen molar-refractivity contribution in [3.8, 4) is 0 Å². The summed E-state index contributed by atoms with van der Waals surface area (Å²) < 4.78 is 229. The van der Waals surface area contributed by atoms with Gasteiger partial charge in [-0.25, -0.2) is 0 Å². The van der Waals surface area contributed by atoms with Crippen LogP contribution < -0.4 is 0 Å². The topological polar surface area (TPSA) is 110 Å². The van der Waals surface area contributed by atoms with Crippen molar-refractivity contribution >= 4 is 0 Å². The van der Waals surface area contributed by atoms with Crippen molar-refractivity contribution < 1.29 is 105 Å². The Kier molecular flexibility index (Phi) is 7.98. The van der Waals surface area contributed by atoms with E-state index in [1.54, 1.807) is 0 Å². The predicted molar refractivity (Wildman–Crippen MR) is 75.6 cm³/mol. The molecule has 0 saturated carbocycles. The third-order valence-electron chi connectivity index (χ3n) is 5.12. The number of aliphatic hydroxyl groups excluding tert-OH is 4. The zero-order valence-electron chi connectivity index (χ0n) is 16.6. The van der Waals surface area contributed by atoms with Gasteiger partial charge in [-0.3, -0.25) is 0 Å². The van der Waals surface area contributed by atoms with E-state index < -0.39 is 84.4 Å². The number of alkyl halides is 17. The Bertz CT molecular complexity index is 845. The molecule has 0 spiro atoms. The summed E-state index contributed by atoms with van der Waals surface area (Å²) in [6, 6.07) is 0. The summed E-state index contributed by atoms with van der Waals surface area (Å²) in [5.41, 5.74) is 0. The number of rotatable bonds is 9. The molecule has 5 atom stereocenters. The van der Waals surface area contributed by atoms with Crippen LogP contribution in [0.1, 0.15) is 0 Å². The minimum Gasteiger partial charge on any atom is -0.391 e. The van der Waals surface area contributed by atoms with Gasteiger partial charge in [-0.1, -0.05) is 0 Å². The van der Waals surface area contributed by atoms with Crippen molar-refractivity contribution in [2.75, 3.05) is 6.61 Å². The summed E-state index contributed by atoms with van der Waals surface area (Å²) in [6.07, 6.45) is -22.8. The highest BCUT2D eigenvalue weighted by atomic mass is 19.4. The van der Waals surface area contributed by atoms with Gasteiger partial charge in [-0.2, -0.15) is 74.6 Å². The first kappa shape index (κ1) is 33.6. The average Bonchev–Trinajstić information content (AvgIpc) is 2.96. The fourth-order valence-electron chi connectivity index (χ4n) is 2.77. The van der Waals surface area contributed by atoms with Crippen molar-refractivity contribution in [1.29, 1.82) is 0 Å². The molecule has 5 N–H and O–H groups in total. The Morgan fingerprint density at radius 1 is 0.622 bits per heavy atom. The van der Waals surface area contributed by atoms with Gasteiger partial charge < -0.3 is 30.3 Å². The van der Waals surface area contributed by atoms with Crippen molar-refractivity contribution in [3.05, 3.63) is 0 Å². The number of halogens is 17. The maximum absolute atomic E-state index is 14.0. The lowest BCUT2D eigenvalue weighted by Gasteiger charge is -2.44. The molecule has 1 rings (SSSR count). The fourth-order valence-corrected chi connectivity index (χ4v) is 2.77. The summed E-state index contributed by atoms with van der Waals surface area (Å²) in [5.74, 6) is -62.8. The second-order valence-electron chi connectivity index (χ2n) is 7.53. The molecule has 6 nitrogen and oxygen atoms in total. The molecular weight excluding hydrogens is 587 g/mol. The third-order valence-corrected chi connectivity index (χ3v) is 5.12. The summed E-state index contributed by atoms with van der Waals surface area (Å²) in [5, 5.41) is 46.0. The minimum atomic E-state index is -8.88. The summed E-state index contributed by atoms with van der Waals surface area (Å²) in [6.45, 7) is -1.93. The smallest absolute Gasteiger partial charge is 0.391 e. The molecule has 0 amide bonds. The fraction of sp³-hybridized carbons (Fsp3) is 1.00. The molecule has 0 aromatic heterocycles. The van der Waals surface area contributed by atoms with Crippen LogP contribution in [0.3, 0.4) is 0 Å². The van der Waals surface area contributed by atoms with E-state index in [1.807, 2.05) is 0 Å². The average molecular weight is 598 g/mol. The van der Waals surface area contributed by atoms with Crippen LogP contribution in [-0.2, 0) is 4.74 Å². The molecule has 37 heavy (non-hydrogen) atoms. The lowest BCUT2D eigenvalue weighted by atomic mass is 9.86. The van der Waals surface area contributed by atoms with Gasteiger partial charge in [0.25, 0.3) is 0 Å². The highest BCUT2D eigenvalue weighted by Crippen LogP contribution is 2.64. The molecule has 1 fully saturated rings. The van der Waals surface area contributed by atoms with Crippen LogP contribution >= 0.6 is 0 Å². The van der Waals surface area contributed by atoms with Crippen LogP contribution in [0, 0.1) is 0 Å². The lowest BCUT2D eigenvalue weighted by Crippen LogP contribution is -2.75. The molecule has 1 saturated heterocycles. The first-order chi connectivity index (χ1) is 15.9. The molecule has 1 aliphatic rings. The van der Waals surface area contributed by atoms with Gasteiger partial charge in [0.2, 0.25) is 5.79 Å². The molecule has 1 aliphatic heterocycles. The Balaban J connectivity index is 3.63. The predicted octanol–water partition coefficient (Wildman–Crippen LogP) is 2.16. The minimum absolute atomic E-state index is 1.93. The molecule has 0 aromatic carbocycles. The largest absolute Gasteiger partial charge is 0.460 e. The number of hydrogen-bond acceptors (Lipinski definition) is 6. The molecule has 23 heteroatoms. The van der Waals surface area contributed by atoms with Crippen molar-refractivity contribution in [3.63, 3.8) is 0 Å². The molecule has 0 aromatic rings. The van der Waals surface area contributed by atoms with Crippen LogP contribution in [0.2, 0.25) is 0 Å². The van der Waals surface area contributed by atoms with Crippen molar-refractivity contribution in [1.82, 2.24) is 0 Å². The van der Waals surface area contributed by atoms with Gasteiger partial charge in [0, 0.05) is 0 Å².